The Bertz CT molecular complexity index is 356. The van der Waals surface area contributed by atoms with E-state index in [0.717, 1.165) is 13.2 Å². The number of methoxy groups -OCH3 is 1. The van der Waals surface area contributed by atoms with Gasteiger partial charge in [0.15, 0.2) is 0 Å². The Morgan fingerprint density at radius 3 is 2.31 bits per heavy atom. The molecule has 0 aliphatic rings. The van der Waals surface area contributed by atoms with Crippen molar-refractivity contribution < 1.29 is 22.3 Å². The zero-order valence-electron chi connectivity index (χ0n) is 8.22. The summed E-state index contributed by atoms with van der Waals surface area (Å²) in [4.78, 5) is 0. The fourth-order valence-corrected chi connectivity index (χ4v) is 1.16. The van der Waals surface area contributed by atoms with Gasteiger partial charge < -0.3 is 10.5 Å². The molecule has 0 unspecified atom stereocenters. The minimum atomic E-state index is -4.70. The van der Waals surface area contributed by atoms with Crippen LogP contribution < -0.4 is 10.5 Å². The second-order valence-corrected chi connectivity index (χ2v) is 2.88. The van der Waals surface area contributed by atoms with Crippen molar-refractivity contribution in [2.45, 2.75) is 12.2 Å². The van der Waals surface area contributed by atoms with Gasteiger partial charge in [-0.05, 0) is 12.1 Å². The maximum absolute atomic E-state index is 13.2. The molecule has 0 fully saturated rings. The van der Waals surface area contributed by atoms with Crippen LogP contribution in [0.4, 0.5) is 17.6 Å². The molecule has 7 heteroatoms. The van der Waals surface area contributed by atoms with Crippen molar-refractivity contribution in [3.05, 3.63) is 29.6 Å². The molecule has 16 heavy (non-hydrogen) atoms. The standard InChI is InChI=1S/C9H9F4NO.ClH/c1-15-6-4-2-3-5(10)7(6)8(14)9(11,12)13;/h2-4,8H,14H2,1H3;1H/t8-;/m1./s1. The normalized spacial score (nSPS) is 12.9. The van der Waals surface area contributed by atoms with Gasteiger partial charge in [-0.25, -0.2) is 4.39 Å². The van der Waals surface area contributed by atoms with E-state index >= 15 is 0 Å². The molecular formula is C9H10ClF4NO. The third-order valence-electron chi connectivity index (χ3n) is 1.90. The molecule has 1 atom stereocenters. The van der Waals surface area contributed by atoms with Gasteiger partial charge >= 0.3 is 6.18 Å². The SMILES string of the molecule is COc1cccc(F)c1[C@@H](N)C(F)(F)F.Cl. The van der Waals surface area contributed by atoms with Crippen molar-refractivity contribution in [2.24, 2.45) is 5.73 Å². The lowest BCUT2D eigenvalue weighted by Gasteiger charge is -2.18. The molecule has 0 spiro atoms. The molecule has 0 heterocycles. The summed E-state index contributed by atoms with van der Waals surface area (Å²) in [5.74, 6) is -1.24. The van der Waals surface area contributed by atoms with Crippen LogP contribution in [0.3, 0.4) is 0 Å². The average Bonchev–Trinajstić information content (AvgIpc) is 2.15. The zero-order chi connectivity index (χ0) is 11.6. The number of hydrogen-bond donors (Lipinski definition) is 1. The summed E-state index contributed by atoms with van der Waals surface area (Å²) >= 11 is 0. The topological polar surface area (TPSA) is 35.2 Å². The molecule has 1 aromatic carbocycles. The highest BCUT2D eigenvalue weighted by molar-refractivity contribution is 5.85. The molecule has 92 valence electrons. The first kappa shape index (κ1) is 15.0. The van der Waals surface area contributed by atoms with Gasteiger partial charge in [-0.3, -0.25) is 0 Å². The summed E-state index contributed by atoms with van der Waals surface area (Å²) in [6, 6.07) is 1.00. The quantitative estimate of drug-likeness (QED) is 0.829. The van der Waals surface area contributed by atoms with E-state index in [-0.39, 0.29) is 18.2 Å². The Morgan fingerprint density at radius 1 is 1.31 bits per heavy atom. The van der Waals surface area contributed by atoms with Crippen molar-refractivity contribution in [1.82, 2.24) is 0 Å². The monoisotopic (exact) mass is 259 g/mol. The molecule has 0 aliphatic heterocycles. The van der Waals surface area contributed by atoms with Crippen molar-refractivity contribution in [1.29, 1.82) is 0 Å². The molecule has 1 aromatic rings. The lowest BCUT2D eigenvalue weighted by Crippen LogP contribution is -2.29. The molecule has 0 aliphatic carbocycles. The maximum Gasteiger partial charge on any atom is 0.407 e. The largest absolute Gasteiger partial charge is 0.496 e. The van der Waals surface area contributed by atoms with Crippen LogP contribution in [0.2, 0.25) is 0 Å². The van der Waals surface area contributed by atoms with Gasteiger partial charge in [-0.2, -0.15) is 13.2 Å². The minimum absolute atomic E-state index is 0. The molecule has 0 amide bonds. The van der Waals surface area contributed by atoms with E-state index < -0.39 is 23.6 Å². The first-order valence-electron chi connectivity index (χ1n) is 4.02. The number of benzene rings is 1. The van der Waals surface area contributed by atoms with Crippen LogP contribution in [0.5, 0.6) is 5.75 Å². The molecule has 0 aromatic heterocycles. The number of halogens is 5. The Labute approximate surface area is 95.8 Å². The van der Waals surface area contributed by atoms with Crippen molar-refractivity contribution in [3.63, 3.8) is 0 Å². The van der Waals surface area contributed by atoms with Gasteiger partial charge in [0.05, 0.1) is 12.7 Å². The van der Waals surface area contributed by atoms with Crippen LogP contribution in [0.15, 0.2) is 18.2 Å². The van der Waals surface area contributed by atoms with Crippen LogP contribution in [0, 0.1) is 5.82 Å². The van der Waals surface area contributed by atoms with E-state index in [1.54, 1.807) is 0 Å². The Balaban J connectivity index is 0.00000225. The van der Waals surface area contributed by atoms with Gasteiger partial charge in [-0.1, -0.05) is 6.07 Å². The van der Waals surface area contributed by atoms with Gasteiger partial charge in [0.25, 0.3) is 0 Å². The summed E-state index contributed by atoms with van der Waals surface area (Å²) in [5.41, 5.74) is 4.23. The van der Waals surface area contributed by atoms with E-state index in [1.165, 1.54) is 12.1 Å². The Kier molecular flexibility index (Phi) is 5.02. The van der Waals surface area contributed by atoms with Crippen molar-refractivity contribution in [2.75, 3.05) is 7.11 Å². The predicted molar refractivity (Wildman–Crippen MR) is 53.2 cm³/mol. The zero-order valence-corrected chi connectivity index (χ0v) is 9.03. The van der Waals surface area contributed by atoms with E-state index in [4.69, 9.17) is 5.73 Å². The van der Waals surface area contributed by atoms with Crippen molar-refractivity contribution >= 4 is 12.4 Å². The Hall–Kier alpha value is -1.01. The molecule has 2 N–H and O–H groups in total. The number of rotatable bonds is 2. The van der Waals surface area contributed by atoms with Gasteiger partial charge in [0.2, 0.25) is 0 Å². The van der Waals surface area contributed by atoms with E-state index in [1.807, 2.05) is 0 Å². The summed E-state index contributed by atoms with van der Waals surface area (Å²) in [5, 5.41) is 0. The first-order valence-corrected chi connectivity index (χ1v) is 4.02. The fourth-order valence-electron chi connectivity index (χ4n) is 1.16. The second-order valence-electron chi connectivity index (χ2n) is 2.88. The second kappa shape index (κ2) is 5.36. The van der Waals surface area contributed by atoms with Crippen LogP contribution in [0.1, 0.15) is 11.6 Å². The summed E-state index contributed by atoms with van der Waals surface area (Å²) in [6.07, 6.45) is -4.70. The third-order valence-corrected chi connectivity index (χ3v) is 1.90. The number of alkyl halides is 3. The molecule has 1 rings (SSSR count). The number of hydrogen-bond acceptors (Lipinski definition) is 2. The summed E-state index contributed by atoms with van der Waals surface area (Å²) in [7, 11) is 1.15. The molecule has 0 saturated carbocycles. The minimum Gasteiger partial charge on any atom is -0.496 e. The lowest BCUT2D eigenvalue weighted by atomic mass is 10.1. The van der Waals surface area contributed by atoms with Gasteiger partial charge in [0, 0.05) is 0 Å². The van der Waals surface area contributed by atoms with Crippen molar-refractivity contribution in [3.8, 4) is 5.75 Å². The summed E-state index contributed by atoms with van der Waals surface area (Å²) in [6.45, 7) is 0. The molecular weight excluding hydrogens is 250 g/mol. The smallest absolute Gasteiger partial charge is 0.407 e. The molecule has 0 radical (unpaired) electrons. The van der Waals surface area contributed by atoms with E-state index in [9.17, 15) is 17.6 Å². The highest BCUT2D eigenvalue weighted by atomic mass is 35.5. The lowest BCUT2D eigenvalue weighted by molar-refractivity contribution is -0.150. The van der Waals surface area contributed by atoms with Crippen LogP contribution in [0.25, 0.3) is 0 Å². The van der Waals surface area contributed by atoms with Gasteiger partial charge in [0.1, 0.15) is 17.6 Å². The molecule has 0 bridgehead atoms. The highest BCUT2D eigenvalue weighted by Crippen LogP contribution is 2.36. The van der Waals surface area contributed by atoms with E-state index in [0.29, 0.717) is 0 Å². The van der Waals surface area contributed by atoms with Crippen LogP contribution in [-0.4, -0.2) is 13.3 Å². The Morgan fingerprint density at radius 2 is 1.88 bits per heavy atom. The highest BCUT2D eigenvalue weighted by Gasteiger charge is 2.40. The van der Waals surface area contributed by atoms with E-state index in [2.05, 4.69) is 4.74 Å². The fraction of sp³-hybridized carbons (Fsp3) is 0.333. The number of nitrogens with two attached hydrogens (primary N) is 1. The maximum atomic E-state index is 13.2. The number of ether oxygens (including phenoxy) is 1. The average molecular weight is 260 g/mol. The molecule has 2 nitrogen and oxygen atoms in total. The molecule has 0 saturated heterocycles. The van der Waals surface area contributed by atoms with Crippen LogP contribution >= 0.6 is 12.4 Å². The summed E-state index contributed by atoms with van der Waals surface area (Å²) < 4.78 is 54.6. The first-order chi connectivity index (χ1) is 6.88. The third kappa shape index (κ3) is 2.99. The van der Waals surface area contributed by atoms with Crippen LogP contribution in [-0.2, 0) is 0 Å². The predicted octanol–water partition coefficient (Wildman–Crippen LogP) is 2.82. The van der Waals surface area contributed by atoms with Gasteiger partial charge in [-0.15, -0.1) is 12.4 Å².